The Hall–Kier alpha value is -1.06. The summed E-state index contributed by atoms with van der Waals surface area (Å²) < 4.78 is 10.7. The SMILES string of the molecule is CC(C)CCCCCCC(=O)OCCCC(C)COC(=O)CCCCCCC(C)C. The van der Waals surface area contributed by atoms with Gasteiger partial charge in [0.2, 0.25) is 0 Å². The highest BCUT2D eigenvalue weighted by Gasteiger charge is 2.09. The van der Waals surface area contributed by atoms with Gasteiger partial charge in [0.1, 0.15) is 0 Å². The summed E-state index contributed by atoms with van der Waals surface area (Å²) in [5.41, 5.74) is 0. The van der Waals surface area contributed by atoms with Crippen molar-refractivity contribution < 1.29 is 19.1 Å². The third kappa shape index (κ3) is 21.6. The van der Waals surface area contributed by atoms with Gasteiger partial charge in [0.15, 0.2) is 0 Å². The lowest BCUT2D eigenvalue weighted by Crippen LogP contribution is -2.13. The molecule has 0 bridgehead atoms. The van der Waals surface area contributed by atoms with Gasteiger partial charge in [-0.15, -0.1) is 0 Å². The van der Waals surface area contributed by atoms with E-state index in [9.17, 15) is 9.59 Å². The summed E-state index contributed by atoms with van der Waals surface area (Å²) >= 11 is 0. The quantitative estimate of drug-likeness (QED) is 0.149. The van der Waals surface area contributed by atoms with E-state index in [1.807, 2.05) is 0 Å². The Bertz CT molecular complexity index is 417. The second-order valence-electron chi connectivity index (χ2n) is 9.84. The first-order valence-electron chi connectivity index (χ1n) is 12.6. The summed E-state index contributed by atoms with van der Waals surface area (Å²) in [4.78, 5) is 23.6. The van der Waals surface area contributed by atoms with E-state index >= 15 is 0 Å². The van der Waals surface area contributed by atoms with Crippen molar-refractivity contribution in [3.63, 3.8) is 0 Å². The van der Waals surface area contributed by atoms with Gasteiger partial charge in [-0.1, -0.05) is 86.0 Å². The Labute approximate surface area is 186 Å². The van der Waals surface area contributed by atoms with Crippen LogP contribution >= 0.6 is 0 Å². The highest BCUT2D eigenvalue weighted by molar-refractivity contribution is 5.69. The van der Waals surface area contributed by atoms with E-state index in [0.29, 0.717) is 32.0 Å². The molecule has 0 spiro atoms. The lowest BCUT2D eigenvalue weighted by molar-refractivity contribution is -0.145. The molecule has 0 rings (SSSR count). The monoisotopic (exact) mass is 426 g/mol. The molecule has 0 aromatic heterocycles. The zero-order valence-electron chi connectivity index (χ0n) is 20.7. The molecule has 0 aliphatic heterocycles. The second kappa shape index (κ2) is 19.9. The van der Waals surface area contributed by atoms with Crippen molar-refractivity contribution in [2.75, 3.05) is 13.2 Å². The van der Waals surface area contributed by atoms with E-state index in [-0.39, 0.29) is 11.9 Å². The van der Waals surface area contributed by atoms with E-state index in [2.05, 4.69) is 34.6 Å². The van der Waals surface area contributed by atoms with Crippen LogP contribution in [0, 0.1) is 17.8 Å². The Morgan fingerprint density at radius 3 is 1.53 bits per heavy atom. The zero-order chi connectivity index (χ0) is 22.6. The van der Waals surface area contributed by atoms with Gasteiger partial charge in [-0.3, -0.25) is 9.59 Å². The molecule has 0 N–H and O–H groups in total. The fourth-order valence-electron chi connectivity index (χ4n) is 3.43. The standard InChI is InChI=1S/C26H50O4/c1-22(2)15-10-6-8-12-18-25(27)29-20-14-17-24(5)21-30-26(28)19-13-9-7-11-16-23(3)4/h22-24H,6-21H2,1-5H3. The van der Waals surface area contributed by atoms with E-state index in [1.54, 1.807) is 0 Å². The summed E-state index contributed by atoms with van der Waals surface area (Å²) in [6.07, 6.45) is 14.4. The second-order valence-corrected chi connectivity index (χ2v) is 9.84. The molecule has 1 unspecified atom stereocenters. The Morgan fingerprint density at radius 1 is 0.567 bits per heavy atom. The van der Waals surface area contributed by atoms with Crippen LogP contribution in [0.2, 0.25) is 0 Å². The minimum absolute atomic E-state index is 0.0775. The Balaban J connectivity index is 3.48. The first-order chi connectivity index (χ1) is 14.3. The Morgan fingerprint density at radius 2 is 1.03 bits per heavy atom. The van der Waals surface area contributed by atoms with Crippen LogP contribution in [0.1, 0.15) is 125 Å². The van der Waals surface area contributed by atoms with Gasteiger partial charge < -0.3 is 9.47 Å². The minimum Gasteiger partial charge on any atom is -0.466 e. The van der Waals surface area contributed by atoms with Gasteiger partial charge in [-0.2, -0.15) is 0 Å². The molecule has 0 aliphatic rings. The van der Waals surface area contributed by atoms with Gasteiger partial charge in [0.25, 0.3) is 0 Å². The maximum atomic E-state index is 11.8. The molecule has 0 aliphatic carbocycles. The highest BCUT2D eigenvalue weighted by atomic mass is 16.5. The predicted molar refractivity (Wildman–Crippen MR) is 125 cm³/mol. The van der Waals surface area contributed by atoms with Gasteiger partial charge in [0, 0.05) is 12.8 Å². The third-order valence-corrected chi connectivity index (χ3v) is 5.46. The average molecular weight is 427 g/mol. The summed E-state index contributed by atoms with van der Waals surface area (Å²) in [5, 5.41) is 0. The number of carbonyl (C=O) groups excluding carboxylic acids is 2. The molecule has 0 fully saturated rings. The van der Waals surface area contributed by atoms with Crippen molar-refractivity contribution in [3.05, 3.63) is 0 Å². The normalized spacial score (nSPS) is 12.4. The molecular formula is C26H50O4. The van der Waals surface area contributed by atoms with Gasteiger partial charge >= 0.3 is 11.9 Å². The van der Waals surface area contributed by atoms with E-state index in [1.165, 1.54) is 38.5 Å². The molecule has 1 atom stereocenters. The topological polar surface area (TPSA) is 52.6 Å². The molecule has 0 saturated carbocycles. The first-order valence-corrected chi connectivity index (χ1v) is 12.6. The van der Waals surface area contributed by atoms with E-state index in [4.69, 9.17) is 9.47 Å². The summed E-state index contributed by atoms with van der Waals surface area (Å²) in [5.74, 6) is 1.69. The fourth-order valence-corrected chi connectivity index (χ4v) is 3.43. The van der Waals surface area contributed by atoms with Crippen LogP contribution < -0.4 is 0 Å². The maximum Gasteiger partial charge on any atom is 0.305 e. The zero-order valence-corrected chi connectivity index (χ0v) is 20.7. The molecule has 0 aromatic rings. The maximum absolute atomic E-state index is 11.8. The lowest BCUT2D eigenvalue weighted by Gasteiger charge is -2.12. The number of ether oxygens (including phenoxy) is 2. The smallest absolute Gasteiger partial charge is 0.305 e. The number of hydrogen-bond acceptors (Lipinski definition) is 4. The first kappa shape index (κ1) is 28.9. The average Bonchev–Trinajstić information content (AvgIpc) is 2.68. The molecular weight excluding hydrogens is 376 g/mol. The van der Waals surface area contributed by atoms with Crippen molar-refractivity contribution in [3.8, 4) is 0 Å². The van der Waals surface area contributed by atoms with Crippen molar-refractivity contribution in [1.82, 2.24) is 0 Å². The number of hydrogen-bond donors (Lipinski definition) is 0. The van der Waals surface area contributed by atoms with Crippen molar-refractivity contribution in [2.45, 2.75) is 125 Å². The van der Waals surface area contributed by atoms with Crippen LogP contribution in [0.5, 0.6) is 0 Å². The van der Waals surface area contributed by atoms with Crippen LogP contribution in [0.3, 0.4) is 0 Å². The van der Waals surface area contributed by atoms with Crippen LogP contribution in [-0.4, -0.2) is 25.2 Å². The number of unbranched alkanes of at least 4 members (excludes halogenated alkanes) is 6. The van der Waals surface area contributed by atoms with Crippen molar-refractivity contribution >= 4 is 11.9 Å². The van der Waals surface area contributed by atoms with Crippen LogP contribution in [0.15, 0.2) is 0 Å². The van der Waals surface area contributed by atoms with Crippen molar-refractivity contribution in [1.29, 1.82) is 0 Å². The van der Waals surface area contributed by atoms with Gasteiger partial charge in [0.05, 0.1) is 13.2 Å². The number of carbonyl (C=O) groups is 2. The molecule has 0 saturated heterocycles. The minimum atomic E-state index is -0.0782. The molecule has 0 radical (unpaired) electrons. The van der Waals surface area contributed by atoms with E-state index < -0.39 is 0 Å². The third-order valence-electron chi connectivity index (χ3n) is 5.46. The van der Waals surface area contributed by atoms with Gasteiger partial charge in [-0.05, 0) is 43.4 Å². The Kier molecular flexibility index (Phi) is 19.2. The molecule has 0 aromatic carbocycles. The predicted octanol–water partition coefficient (Wildman–Crippen LogP) is 7.48. The molecule has 0 amide bonds. The summed E-state index contributed by atoms with van der Waals surface area (Å²) in [6, 6.07) is 0. The summed E-state index contributed by atoms with van der Waals surface area (Å²) in [7, 11) is 0. The molecule has 178 valence electrons. The molecule has 0 heterocycles. The molecule has 4 heteroatoms. The van der Waals surface area contributed by atoms with Crippen LogP contribution in [-0.2, 0) is 19.1 Å². The van der Waals surface area contributed by atoms with Crippen LogP contribution in [0.4, 0.5) is 0 Å². The van der Waals surface area contributed by atoms with Crippen molar-refractivity contribution in [2.24, 2.45) is 17.8 Å². The van der Waals surface area contributed by atoms with E-state index in [0.717, 1.165) is 50.4 Å². The van der Waals surface area contributed by atoms with Crippen LogP contribution in [0.25, 0.3) is 0 Å². The number of esters is 2. The highest BCUT2D eigenvalue weighted by Crippen LogP contribution is 2.13. The van der Waals surface area contributed by atoms with Gasteiger partial charge in [-0.25, -0.2) is 0 Å². The number of rotatable bonds is 20. The lowest BCUT2D eigenvalue weighted by atomic mass is 10.0. The molecule has 30 heavy (non-hydrogen) atoms. The summed E-state index contributed by atoms with van der Waals surface area (Å²) in [6.45, 7) is 12.0. The fraction of sp³-hybridized carbons (Fsp3) is 0.923. The largest absolute Gasteiger partial charge is 0.466 e. The molecule has 4 nitrogen and oxygen atoms in total.